The highest BCUT2D eigenvalue weighted by Crippen LogP contribution is 2.37. The van der Waals surface area contributed by atoms with Gasteiger partial charge in [0.05, 0.1) is 6.04 Å². The van der Waals surface area contributed by atoms with Crippen molar-refractivity contribution in [1.82, 2.24) is 10.4 Å². The van der Waals surface area contributed by atoms with Gasteiger partial charge in [-0.25, -0.2) is 10.4 Å². The van der Waals surface area contributed by atoms with Crippen molar-refractivity contribution < 1.29 is 13.2 Å². The molecule has 1 unspecified atom stereocenters. The van der Waals surface area contributed by atoms with Gasteiger partial charge >= 0.3 is 6.18 Å². The summed E-state index contributed by atoms with van der Waals surface area (Å²) in [5.74, 6) is 5.48. The van der Waals surface area contributed by atoms with Crippen LogP contribution in [-0.4, -0.2) is 4.98 Å². The van der Waals surface area contributed by atoms with Crippen LogP contribution >= 0.6 is 43.2 Å². The van der Waals surface area contributed by atoms with Crippen LogP contribution in [0, 0.1) is 0 Å². The number of aromatic nitrogens is 1. The summed E-state index contributed by atoms with van der Waals surface area (Å²) in [5, 5.41) is -0.888. The molecule has 1 aromatic carbocycles. The molecule has 0 saturated carbocycles. The lowest BCUT2D eigenvalue weighted by molar-refractivity contribution is -0.137. The number of hydrogen-bond acceptors (Lipinski definition) is 4. The number of nitrogens with zero attached hydrogens (tertiary/aromatic N) is 1. The maximum atomic E-state index is 12.6. The molecular formula is C11H8Br2F3N3S. The van der Waals surface area contributed by atoms with Gasteiger partial charge in [-0.15, -0.1) is 11.3 Å². The van der Waals surface area contributed by atoms with Crippen molar-refractivity contribution in [3.05, 3.63) is 48.8 Å². The van der Waals surface area contributed by atoms with E-state index in [-0.39, 0.29) is 0 Å². The van der Waals surface area contributed by atoms with Crippen molar-refractivity contribution in [3.8, 4) is 0 Å². The van der Waals surface area contributed by atoms with Crippen molar-refractivity contribution in [2.24, 2.45) is 5.84 Å². The molecule has 2 aromatic rings. The van der Waals surface area contributed by atoms with Crippen LogP contribution in [0.4, 0.5) is 13.2 Å². The number of benzene rings is 1. The minimum absolute atomic E-state index is 0.392. The summed E-state index contributed by atoms with van der Waals surface area (Å²) < 4.78 is 39.3. The normalized spacial score (nSPS) is 13.5. The van der Waals surface area contributed by atoms with Crippen molar-refractivity contribution in [2.75, 3.05) is 0 Å². The van der Waals surface area contributed by atoms with Gasteiger partial charge in [0.15, 0.2) is 5.01 Å². The lowest BCUT2D eigenvalue weighted by atomic mass is 10.1. The highest BCUT2D eigenvalue weighted by atomic mass is 79.9. The number of halogens is 5. The van der Waals surface area contributed by atoms with E-state index < -0.39 is 17.2 Å². The highest BCUT2D eigenvalue weighted by molar-refractivity contribution is 9.11. The van der Waals surface area contributed by atoms with E-state index in [1.807, 2.05) is 0 Å². The number of thiazole rings is 1. The number of rotatable bonds is 3. The molecule has 0 spiro atoms. The fourth-order valence-corrected chi connectivity index (χ4v) is 3.75. The van der Waals surface area contributed by atoms with Crippen LogP contribution in [0.15, 0.2) is 33.3 Å². The topological polar surface area (TPSA) is 50.9 Å². The summed E-state index contributed by atoms with van der Waals surface area (Å²) in [4.78, 5) is 3.79. The Balaban J connectivity index is 2.40. The molecule has 0 amide bonds. The Bertz CT molecular complexity index is 615. The predicted molar refractivity (Wildman–Crippen MR) is 78.1 cm³/mol. The second-order valence-corrected chi connectivity index (χ2v) is 6.66. The van der Waals surface area contributed by atoms with E-state index in [9.17, 15) is 13.2 Å². The monoisotopic (exact) mass is 429 g/mol. The van der Waals surface area contributed by atoms with Crippen molar-refractivity contribution in [2.45, 2.75) is 12.2 Å². The maximum Gasteiger partial charge on any atom is 0.443 e. The summed E-state index contributed by atoms with van der Waals surface area (Å²) in [6.07, 6.45) is -3.26. The first-order valence-electron chi connectivity index (χ1n) is 5.27. The largest absolute Gasteiger partial charge is 0.443 e. The molecular weight excluding hydrogens is 423 g/mol. The molecule has 0 saturated heterocycles. The first-order valence-corrected chi connectivity index (χ1v) is 7.67. The molecule has 0 radical (unpaired) electrons. The smallest absolute Gasteiger partial charge is 0.271 e. The number of nitrogens with one attached hydrogen (secondary N) is 1. The molecule has 0 aliphatic rings. The molecule has 0 bridgehead atoms. The highest BCUT2D eigenvalue weighted by Gasteiger charge is 2.35. The Morgan fingerprint density at radius 3 is 2.50 bits per heavy atom. The van der Waals surface area contributed by atoms with Crippen LogP contribution in [-0.2, 0) is 6.18 Å². The van der Waals surface area contributed by atoms with Crippen LogP contribution in [0.2, 0.25) is 0 Å². The maximum absolute atomic E-state index is 12.6. The zero-order valence-electron chi connectivity index (χ0n) is 9.71. The minimum Gasteiger partial charge on any atom is -0.271 e. The van der Waals surface area contributed by atoms with Crippen LogP contribution in [0.5, 0.6) is 0 Å². The summed E-state index contributed by atoms with van der Waals surface area (Å²) >= 11 is 7.25. The molecule has 1 aromatic heterocycles. The van der Waals surface area contributed by atoms with Crippen LogP contribution < -0.4 is 11.3 Å². The van der Waals surface area contributed by atoms with Gasteiger partial charge in [0.25, 0.3) is 0 Å². The lowest BCUT2D eigenvalue weighted by Crippen LogP contribution is -2.28. The molecule has 20 heavy (non-hydrogen) atoms. The Labute approximate surface area is 133 Å². The first-order chi connectivity index (χ1) is 9.32. The van der Waals surface area contributed by atoms with Gasteiger partial charge < -0.3 is 0 Å². The number of alkyl halides is 3. The van der Waals surface area contributed by atoms with Gasteiger partial charge in [-0.1, -0.05) is 37.9 Å². The third-order valence-corrected chi connectivity index (χ3v) is 4.78. The molecule has 1 atom stereocenters. The van der Waals surface area contributed by atoms with Crippen molar-refractivity contribution in [1.29, 1.82) is 0 Å². The average Bonchev–Trinajstić information content (AvgIpc) is 2.82. The van der Waals surface area contributed by atoms with Crippen molar-refractivity contribution in [3.63, 3.8) is 0 Å². The van der Waals surface area contributed by atoms with Gasteiger partial charge in [-0.05, 0) is 17.7 Å². The summed E-state index contributed by atoms with van der Waals surface area (Å²) in [6.45, 7) is 0. The Morgan fingerprint density at radius 2 is 2.00 bits per heavy atom. The van der Waals surface area contributed by atoms with E-state index in [0.717, 1.165) is 14.5 Å². The molecule has 9 heteroatoms. The Morgan fingerprint density at radius 1 is 1.30 bits per heavy atom. The van der Waals surface area contributed by atoms with E-state index in [0.29, 0.717) is 16.2 Å². The zero-order valence-corrected chi connectivity index (χ0v) is 13.7. The van der Waals surface area contributed by atoms with Gasteiger partial charge in [0.1, 0.15) is 0 Å². The van der Waals surface area contributed by atoms with Crippen LogP contribution in [0.3, 0.4) is 0 Å². The predicted octanol–water partition coefficient (Wildman–Crippen LogP) is 4.24. The van der Waals surface area contributed by atoms with Gasteiger partial charge in [0.2, 0.25) is 0 Å². The molecule has 3 N–H and O–H groups in total. The summed E-state index contributed by atoms with van der Waals surface area (Å²) in [7, 11) is 0. The van der Waals surface area contributed by atoms with E-state index in [1.54, 1.807) is 18.2 Å². The first kappa shape index (κ1) is 15.9. The SMILES string of the molecule is NNC(c1cnc(C(F)(F)F)s1)c1ccc(Br)cc1Br. The number of hydrazine groups is 1. The lowest BCUT2D eigenvalue weighted by Gasteiger charge is -2.16. The summed E-state index contributed by atoms with van der Waals surface area (Å²) in [5.41, 5.74) is 3.25. The van der Waals surface area contributed by atoms with E-state index >= 15 is 0 Å². The third kappa shape index (κ3) is 3.40. The molecule has 108 valence electrons. The van der Waals surface area contributed by atoms with E-state index in [1.165, 1.54) is 6.20 Å². The third-order valence-electron chi connectivity index (χ3n) is 2.49. The molecule has 0 aliphatic carbocycles. The zero-order chi connectivity index (χ0) is 14.9. The molecule has 3 nitrogen and oxygen atoms in total. The summed E-state index contributed by atoms with van der Waals surface area (Å²) in [6, 6.07) is 4.79. The van der Waals surface area contributed by atoms with Gasteiger partial charge in [0, 0.05) is 20.0 Å². The number of nitrogens with two attached hydrogens (primary N) is 1. The van der Waals surface area contributed by atoms with Crippen LogP contribution in [0.1, 0.15) is 21.5 Å². The minimum atomic E-state index is -4.45. The quantitative estimate of drug-likeness (QED) is 0.565. The van der Waals surface area contributed by atoms with Crippen LogP contribution in [0.25, 0.3) is 0 Å². The fraction of sp³-hybridized carbons (Fsp3) is 0.182. The molecule has 0 fully saturated rings. The Hall–Kier alpha value is -0.480. The average molecular weight is 431 g/mol. The van der Waals surface area contributed by atoms with E-state index in [4.69, 9.17) is 5.84 Å². The fourth-order valence-electron chi connectivity index (χ4n) is 1.61. The molecule has 1 heterocycles. The van der Waals surface area contributed by atoms with Gasteiger partial charge in [-0.2, -0.15) is 13.2 Å². The Kier molecular flexibility index (Phi) is 4.85. The standard InChI is InChI=1S/C11H8Br2F3N3S/c12-5-1-2-6(7(13)3-5)9(19-17)8-4-18-10(20-8)11(14,15)16/h1-4,9,19H,17H2. The molecule has 2 rings (SSSR count). The second-order valence-electron chi connectivity index (χ2n) is 3.83. The van der Waals surface area contributed by atoms with Gasteiger partial charge in [-0.3, -0.25) is 5.84 Å². The van der Waals surface area contributed by atoms with E-state index in [2.05, 4.69) is 42.3 Å². The second kappa shape index (κ2) is 6.10. The van der Waals surface area contributed by atoms with Crippen molar-refractivity contribution >= 4 is 43.2 Å². The number of hydrogen-bond donors (Lipinski definition) is 2. The molecule has 0 aliphatic heterocycles.